The highest BCUT2D eigenvalue weighted by molar-refractivity contribution is 5.68. The van der Waals surface area contributed by atoms with Crippen LogP contribution < -0.4 is 5.32 Å². The maximum Gasteiger partial charge on any atom is 0.410 e. The molecule has 1 aliphatic rings. The number of ether oxygens (including phenoxy) is 1. The number of carbonyl (C=O) groups is 1. The second-order valence-electron chi connectivity index (χ2n) is 6.43. The SMILES string of the molecule is C[C@H](N[C@@H]1CCN(C(=O)OC(C)(C)C)C1)c1ccc[nH]1. The van der Waals surface area contributed by atoms with Crippen molar-refractivity contribution in [3.63, 3.8) is 0 Å². The first kappa shape index (κ1) is 14.9. The number of hydrogen-bond acceptors (Lipinski definition) is 3. The molecule has 2 rings (SSSR count). The van der Waals surface area contributed by atoms with E-state index >= 15 is 0 Å². The van der Waals surface area contributed by atoms with Crippen molar-refractivity contribution in [3.8, 4) is 0 Å². The summed E-state index contributed by atoms with van der Waals surface area (Å²) in [5, 5.41) is 3.55. The molecule has 2 heterocycles. The number of aromatic amines is 1. The predicted molar refractivity (Wildman–Crippen MR) is 78.6 cm³/mol. The van der Waals surface area contributed by atoms with Gasteiger partial charge in [0.25, 0.3) is 0 Å². The quantitative estimate of drug-likeness (QED) is 0.894. The summed E-state index contributed by atoms with van der Waals surface area (Å²) in [4.78, 5) is 17.0. The Morgan fingerprint density at radius 3 is 2.90 bits per heavy atom. The molecule has 1 saturated heterocycles. The molecule has 1 aromatic rings. The first-order chi connectivity index (χ1) is 9.35. The first-order valence-corrected chi connectivity index (χ1v) is 7.22. The van der Waals surface area contributed by atoms with Crippen LogP contribution in [0.15, 0.2) is 18.3 Å². The van der Waals surface area contributed by atoms with Gasteiger partial charge in [0.15, 0.2) is 0 Å². The predicted octanol–water partition coefficient (Wildman–Crippen LogP) is 2.67. The largest absolute Gasteiger partial charge is 0.444 e. The summed E-state index contributed by atoms with van der Waals surface area (Å²) >= 11 is 0. The van der Waals surface area contributed by atoms with Crippen LogP contribution in [0.25, 0.3) is 0 Å². The van der Waals surface area contributed by atoms with Crippen molar-refractivity contribution in [2.45, 2.75) is 51.8 Å². The van der Waals surface area contributed by atoms with Crippen LogP contribution in [0.2, 0.25) is 0 Å². The molecule has 5 heteroatoms. The maximum atomic E-state index is 12.0. The Hall–Kier alpha value is -1.49. The molecule has 2 atom stereocenters. The molecule has 5 nitrogen and oxygen atoms in total. The Bertz CT molecular complexity index is 436. The standard InChI is InChI=1S/C15H25N3O2/c1-11(13-6-5-8-16-13)17-12-7-9-18(10-12)14(19)20-15(2,3)4/h5-6,8,11-12,16-17H,7,9-10H2,1-4H3/t11-,12+/m0/s1. The molecular weight excluding hydrogens is 254 g/mol. The number of carbonyl (C=O) groups excluding carboxylic acids is 1. The first-order valence-electron chi connectivity index (χ1n) is 7.22. The number of hydrogen-bond donors (Lipinski definition) is 2. The van der Waals surface area contributed by atoms with E-state index in [1.807, 2.05) is 33.0 Å². The second-order valence-corrected chi connectivity index (χ2v) is 6.43. The molecule has 0 aromatic carbocycles. The number of likely N-dealkylation sites (tertiary alicyclic amines) is 1. The van der Waals surface area contributed by atoms with E-state index in [9.17, 15) is 4.79 Å². The average Bonchev–Trinajstić information content (AvgIpc) is 2.97. The van der Waals surface area contributed by atoms with E-state index in [1.165, 1.54) is 5.69 Å². The van der Waals surface area contributed by atoms with Crippen LogP contribution in [0.3, 0.4) is 0 Å². The van der Waals surface area contributed by atoms with E-state index in [0.717, 1.165) is 13.0 Å². The highest BCUT2D eigenvalue weighted by Crippen LogP contribution is 2.18. The molecule has 0 radical (unpaired) electrons. The smallest absolute Gasteiger partial charge is 0.410 e. The lowest BCUT2D eigenvalue weighted by Crippen LogP contribution is -2.39. The number of aromatic nitrogens is 1. The van der Waals surface area contributed by atoms with Crippen LogP contribution in [-0.2, 0) is 4.74 Å². The van der Waals surface area contributed by atoms with E-state index in [2.05, 4.69) is 23.3 Å². The monoisotopic (exact) mass is 279 g/mol. The van der Waals surface area contributed by atoms with Crippen LogP contribution >= 0.6 is 0 Å². The summed E-state index contributed by atoms with van der Waals surface area (Å²) < 4.78 is 5.40. The fourth-order valence-corrected chi connectivity index (χ4v) is 2.45. The van der Waals surface area contributed by atoms with Crippen molar-refractivity contribution in [1.29, 1.82) is 0 Å². The zero-order valence-corrected chi connectivity index (χ0v) is 12.8. The summed E-state index contributed by atoms with van der Waals surface area (Å²) in [6.07, 6.45) is 2.67. The molecule has 0 spiro atoms. The molecule has 1 aliphatic heterocycles. The number of amides is 1. The van der Waals surface area contributed by atoms with Crippen LogP contribution in [-0.4, -0.2) is 40.7 Å². The fourth-order valence-electron chi connectivity index (χ4n) is 2.45. The highest BCUT2D eigenvalue weighted by Gasteiger charge is 2.30. The minimum Gasteiger partial charge on any atom is -0.444 e. The van der Waals surface area contributed by atoms with Gasteiger partial charge >= 0.3 is 6.09 Å². The Balaban J connectivity index is 1.82. The number of H-pyrrole nitrogens is 1. The number of rotatable bonds is 3. The second kappa shape index (κ2) is 5.87. The summed E-state index contributed by atoms with van der Waals surface area (Å²) in [5.41, 5.74) is 0.737. The molecule has 0 bridgehead atoms. The van der Waals surface area contributed by atoms with E-state index in [-0.39, 0.29) is 12.1 Å². The summed E-state index contributed by atoms with van der Waals surface area (Å²) in [5.74, 6) is 0. The third-order valence-electron chi connectivity index (χ3n) is 3.41. The zero-order valence-electron chi connectivity index (χ0n) is 12.8. The van der Waals surface area contributed by atoms with Gasteiger partial charge in [0.1, 0.15) is 5.60 Å². The van der Waals surface area contributed by atoms with Crippen LogP contribution in [0.1, 0.15) is 45.9 Å². The van der Waals surface area contributed by atoms with Gasteiger partial charge in [-0.05, 0) is 46.2 Å². The van der Waals surface area contributed by atoms with Crippen molar-refractivity contribution in [2.75, 3.05) is 13.1 Å². The molecular formula is C15H25N3O2. The lowest BCUT2D eigenvalue weighted by molar-refractivity contribution is 0.0290. The van der Waals surface area contributed by atoms with Crippen LogP contribution in [0.5, 0.6) is 0 Å². The Morgan fingerprint density at radius 2 is 2.30 bits per heavy atom. The minimum atomic E-state index is -0.430. The molecule has 1 amide bonds. The Labute approximate surface area is 120 Å². The fraction of sp³-hybridized carbons (Fsp3) is 0.667. The molecule has 2 N–H and O–H groups in total. The summed E-state index contributed by atoms with van der Waals surface area (Å²) in [6.45, 7) is 9.27. The third kappa shape index (κ3) is 4.00. The van der Waals surface area contributed by atoms with Gasteiger partial charge in [-0.3, -0.25) is 0 Å². The molecule has 0 aliphatic carbocycles. The van der Waals surface area contributed by atoms with Gasteiger partial charge in [-0.1, -0.05) is 0 Å². The zero-order chi connectivity index (χ0) is 14.8. The van der Waals surface area contributed by atoms with Gasteiger partial charge in [-0.25, -0.2) is 4.79 Å². The molecule has 20 heavy (non-hydrogen) atoms. The highest BCUT2D eigenvalue weighted by atomic mass is 16.6. The minimum absolute atomic E-state index is 0.214. The molecule has 1 fully saturated rings. The van der Waals surface area contributed by atoms with Crippen molar-refractivity contribution >= 4 is 6.09 Å². The van der Waals surface area contributed by atoms with Gasteiger partial charge in [-0.2, -0.15) is 0 Å². The molecule has 0 saturated carbocycles. The number of nitrogens with zero attached hydrogens (tertiary/aromatic N) is 1. The molecule has 112 valence electrons. The van der Waals surface area contributed by atoms with Gasteiger partial charge in [0, 0.05) is 37.1 Å². The van der Waals surface area contributed by atoms with Crippen molar-refractivity contribution in [1.82, 2.24) is 15.2 Å². The summed E-state index contributed by atoms with van der Waals surface area (Å²) in [7, 11) is 0. The van der Waals surface area contributed by atoms with Gasteiger partial charge in [-0.15, -0.1) is 0 Å². The summed E-state index contributed by atoms with van der Waals surface area (Å²) in [6, 6.07) is 4.64. The van der Waals surface area contributed by atoms with Gasteiger partial charge in [0.2, 0.25) is 0 Å². The van der Waals surface area contributed by atoms with Crippen molar-refractivity contribution in [2.24, 2.45) is 0 Å². The lowest BCUT2D eigenvalue weighted by atomic mass is 10.2. The van der Waals surface area contributed by atoms with Gasteiger partial charge < -0.3 is 19.9 Å². The molecule has 0 unspecified atom stereocenters. The lowest BCUT2D eigenvalue weighted by Gasteiger charge is -2.25. The number of nitrogens with one attached hydrogen (secondary N) is 2. The Morgan fingerprint density at radius 1 is 1.55 bits per heavy atom. The third-order valence-corrected chi connectivity index (χ3v) is 3.41. The maximum absolute atomic E-state index is 12.0. The normalized spacial score (nSPS) is 21.0. The van der Waals surface area contributed by atoms with Crippen LogP contribution in [0, 0.1) is 0 Å². The van der Waals surface area contributed by atoms with E-state index in [0.29, 0.717) is 12.6 Å². The van der Waals surface area contributed by atoms with E-state index in [4.69, 9.17) is 4.74 Å². The van der Waals surface area contributed by atoms with E-state index in [1.54, 1.807) is 4.90 Å². The average molecular weight is 279 g/mol. The Kier molecular flexibility index (Phi) is 4.38. The van der Waals surface area contributed by atoms with Gasteiger partial charge in [0.05, 0.1) is 0 Å². The molecule has 1 aromatic heterocycles. The van der Waals surface area contributed by atoms with Crippen molar-refractivity contribution < 1.29 is 9.53 Å². The van der Waals surface area contributed by atoms with Crippen LogP contribution in [0.4, 0.5) is 4.79 Å². The van der Waals surface area contributed by atoms with E-state index < -0.39 is 5.60 Å². The topological polar surface area (TPSA) is 57.4 Å². The van der Waals surface area contributed by atoms with Crippen molar-refractivity contribution in [3.05, 3.63) is 24.0 Å².